The molecule has 0 saturated heterocycles. The van der Waals surface area contributed by atoms with Gasteiger partial charge in [0.2, 0.25) is 0 Å². The minimum atomic E-state index is -0.522. The SMILES string of the molecule is CCOC(=O)CON(CC(=O)OCC)c1ccccc1OC. The smallest absolute Gasteiger partial charge is 0.334 e. The van der Waals surface area contributed by atoms with Crippen LogP contribution >= 0.6 is 0 Å². The fourth-order valence-electron chi connectivity index (χ4n) is 1.69. The van der Waals surface area contributed by atoms with E-state index in [-0.39, 0.29) is 26.4 Å². The number of hydrogen-bond acceptors (Lipinski definition) is 7. The standard InChI is InChI=1S/C15H21NO6/c1-4-20-14(17)10-16(22-11-15(18)21-5-2)12-8-6-7-9-13(12)19-3/h6-9H,4-5,10-11H2,1-3H3. The van der Waals surface area contributed by atoms with Crippen LogP contribution in [0.4, 0.5) is 5.69 Å². The number of carbonyl (C=O) groups excluding carboxylic acids is 2. The van der Waals surface area contributed by atoms with Crippen molar-refractivity contribution in [3.8, 4) is 5.75 Å². The highest BCUT2D eigenvalue weighted by molar-refractivity contribution is 5.76. The first-order valence-corrected chi connectivity index (χ1v) is 6.97. The predicted molar refractivity (Wildman–Crippen MR) is 79.6 cm³/mol. The molecule has 0 aliphatic heterocycles. The monoisotopic (exact) mass is 311 g/mol. The third-order valence-electron chi connectivity index (χ3n) is 2.58. The van der Waals surface area contributed by atoms with Gasteiger partial charge < -0.3 is 14.2 Å². The van der Waals surface area contributed by atoms with Crippen molar-refractivity contribution in [2.75, 3.05) is 38.5 Å². The first-order valence-electron chi connectivity index (χ1n) is 6.97. The molecule has 22 heavy (non-hydrogen) atoms. The zero-order valence-electron chi connectivity index (χ0n) is 13.0. The van der Waals surface area contributed by atoms with Crippen LogP contribution in [0.25, 0.3) is 0 Å². The summed E-state index contributed by atoms with van der Waals surface area (Å²) in [6.45, 7) is 3.45. The van der Waals surface area contributed by atoms with Crippen molar-refractivity contribution < 1.29 is 28.6 Å². The molecule has 7 heteroatoms. The molecule has 7 nitrogen and oxygen atoms in total. The topological polar surface area (TPSA) is 74.3 Å². The lowest BCUT2D eigenvalue weighted by atomic mass is 10.3. The molecule has 0 aromatic heterocycles. The Morgan fingerprint density at radius 2 is 1.68 bits per heavy atom. The van der Waals surface area contributed by atoms with Gasteiger partial charge >= 0.3 is 11.9 Å². The van der Waals surface area contributed by atoms with Gasteiger partial charge in [0, 0.05) is 0 Å². The van der Waals surface area contributed by atoms with Crippen molar-refractivity contribution >= 4 is 17.6 Å². The van der Waals surface area contributed by atoms with E-state index in [0.717, 1.165) is 0 Å². The minimum Gasteiger partial charge on any atom is -0.494 e. The Morgan fingerprint density at radius 3 is 2.32 bits per heavy atom. The van der Waals surface area contributed by atoms with Gasteiger partial charge in [0.15, 0.2) is 6.61 Å². The van der Waals surface area contributed by atoms with E-state index < -0.39 is 11.9 Å². The third-order valence-corrected chi connectivity index (χ3v) is 2.58. The molecule has 0 bridgehead atoms. The van der Waals surface area contributed by atoms with E-state index in [2.05, 4.69) is 0 Å². The quantitative estimate of drug-likeness (QED) is 0.506. The molecule has 0 radical (unpaired) electrons. The van der Waals surface area contributed by atoms with Gasteiger partial charge in [0.1, 0.15) is 18.0 Å². The normalized spacial score (nSPS) is 9.95. The molecule has 0 amide bonds. The molecule has 0 fully saturated rings. The van der Waals surface area contributed by atoms with Gasteiger partial charge in [0.25, 0.3) is 0 Å². The van der Waals surface area contributed by atoms with Crippen LogP contribution in [0.1, 0.15) is 13.8 Å². The van der Waals surface area contributed by atoms with Gasteiger partial charge in [-0.05, 0) is 26.0 Å². The summed E-state index contributed by atoms with van der Waals surface area (Å²) in [5.41, 5.74) is 0.516. The van der Waals surface area contributed by atoms with Gasteiger partial charge in [-0.3, -0.25) is 9.63 Å². The van der Waals surface area contributed by atoms with Crippen LogP contribution < -0.4 is 9.80 Å². The summed E-state index contributed by atoms with van der Waals surface area (Å²) in [6.07, 6.45) is 0. The fourth-order valence-corrected chi connectivity index (χ4v) is 1.69. The Labute approximate surface area is 129 Å². The van der Waals surface area contributed by atoms with Crippen molar-refractivity contribution in [3.05, 3.63) is 24.3 Å². The number of methoxy groups -OCH3 is 1. The number of hydroxylamine groups is 1. The van der Waals surface area contributed by atoms with Gasteiger partial charge in [-0.1, -0.05) is 12.1 Å². The van der Waals surface area contributed by atoms with Crippen LogP contribution in [0.3, 0.4) is 0 Å². The second-order valence-electron chi connectivity index (χ2n) is 4.09. The number of hydrogen-bond donors (Lipinski definition) is 0. The first-order chi connectivity index (χ1) is 10.6. The summed E-state index contributed by atoms with van der Waals surface area (Å²) in [5, 5.41) is 1.26. The summed E-state index contributed by atoms with van der Waals surface area (Å²) >= 11 is 0. The average Bonchev–Trinajstić information content (AvgIpc) is 2.52. The van der Waals surface area contributed by atoms with Crippen molar-refractivity contribution in [3.63, 3.8) is 0 Å². The number of nitrogens with zero attached hydrogens (tertiary/aromatic N) is 1. The first kappa shape index (κ1) is 17.8. The summed E-state index contributed by atoms with van der Waals surface area (Å²) in [7, 11) is 1.51. The fraction of sp³-hybridized carbons (Fsp3) is 0.467. The number of rotatable bonds is 9. The Morgan fingerprint density at radius 1 is 1.05 bits per heavy atom. The Hall–Kier alpha value is -2.28. The number of para-hydroxylation sites is 2. The maximum Gasteiger partial charge on any atom is 0.334 e. The molecule has 1 aromatic carbocycles. The number of carbonyl (C=O) groups is 2. The molecular weight excluding hydrogens is 290 g/mol. The summed E-state index contributed by atoms with van der Waals surface area (Å²) in [5.74, 6) is -0.487. The van der Waals surface area contributed by atoms with E-state index >= 15 is 0 Å². The van der Waals surface area contributed by atoms with Crippen LogP contribution in [-0.2, 0) is 23.9 Å². The molecule has 0 saturated carbocycles. The second kappa shape index (κ2) is 9.62. The van der Waals surface area contributed by atoms with Gasteiger partial charge in [-0.2, -0.15) is 0 Å². The van der Waals surface area contributed by atoms with E-state index in [4.69, 9.17) is 19.0 Å². The molecular formula is C15H21NO6. The lowest BCUT2D eigenvalue weighted by molar-refractivity contribution is -0.151. The summed E-state index contributed by atoms with van der Waals surface area (Å²) in [6, 6.07) is 6.99. The van der Waals surface area contributed by atoms with Crippen molar-refractivity contribution in [1.82, 2.24) is 0 Å². The van der Waals surface area contributed by atoms with Crippen LogP contribution in [0, 0.1) is 0 Å². The molecule has 1 aromatic rings. The maximum absolute atomic E-state index is 11.7. The highest BCUT2D eigenvalue weighted by Crippen LogP contribution is 2.27. The highest BCUT2D eigenvalue weighted by atomic mass is 16.7. The van der Waals surface area contributed by atoms with Gasteiger partial charge in [0.05, 0.1) is 20.3 Å². The largest absolute Gasteiger partial charge is 0.494 e. The number of ether oxygens (including phenoxy) is 3. The maximum atomic E-state index is 11.7. The number of anilines is 1. The molecule has 1 rings (SSSR count). The van der Waals surface area contributed by atoms with Crippen LogP contribution in [-0.4, -0.2) is 45.4 Å². The van der Waals surface area contributed by atoms with Gasteiger partial charge in [-0.25, -0.2) is 9.86 Å². The highest BCUT2D eigenvalue weighted by Gasteiger charge is 2.18. The molecule has 0 spiro atoms. The van der Waals surface area contributed by atoms with E-state index in [0.29, 0.717) is 11.4 Å². The Balaban J connectivity index is 2.85. The second-order valence-corrected chi connectivity index (χ2v) is 4.09. The zero-order valence-corrected chi connectivity index (χ0v) is 13.0. The lowest BCUT2D eigenvalue weighted by Gasteiger charge is -2.24. The average molecular weight is 311 g/mol. The third kappa shape index (κ3) is 5.61. The lowest BCUT2D eigenvalue weighted by Crippen LogP contribution is -2.33. The molecule has 0 heterocycles. The van der Waals surface area contributed by atoms with E-state index in [1.54, 1.807) is 38.1 Å². The number of esters is 2. The predicted octanol–water partition coefficient (Wildman–Crippen LogP) is 1.56. The Kier molecular flexibility index (Phi) is 7.77. The van der Waals surface area contributed by atoms with Crippen molar-refractivity contribution in [1.29, 1.82) is 0 Å². The zero-order chi connectivity index (χ0) is 16.4. The summed E-state index contributed by atoms with van der Waals surface area (Å²) in [4.78, 5) is 28.5. The molecule has 0 unspecified atom stereocenters. The molecule has 0 aliphatic carbocycles. The van der Waals surface area contributed by atoms with Crippen molar-refractivity contribution in [2.45, 2.75) is 13.8 Å². The van der Waals surface area contributed by atoms with Crippen LogP contribution in [0.2, 0.25) is 0 Å². The molecule has 122 valence electrons. The van der Waals surface area contributed by atoms with E-state index in [1.807, 2.05) is 0 Å². The molecule has 0 aliphatic rings. The minimum absolute atomic E-state index is 0.173. The van der Waals surface area contributed by atoms with Crippen LogP contribution in [0.15, 0.2) is 24.3 Å². The van der Waals surface area contributed by atoms with E-state index in [1.165, 1.54) is 12.2 Å². The molecule has 0 N–H and O–H groups in total. The summed E-state index contributed by atoms with van der Waals surface area (Å²) < 4.78 is 14.9. The van der Waals surface area contributed by atoms with Crippen molar-refractivity contribution in [2.24, 2.45) is 0 Å². The van der Waals surface area contributed by atoms with Crippen LogP contribution in [0.5, 0.6) is 5.75 Å². The molecule has 0 atom stereocenters. The Bertz CT molecular complexity index is 491. The van der Waals surface area contributed by atoms with E-state index in [9.17, 15) is 9.59 Å². The van der Waals surface area contributed by atoms with Gasteiger partial charge in [-0.15, -0.1) is 0 Å². The number of benzene rings is 1.